The Kier molecular flexibility index (Phi) is 5.20. The van der Waals surface area contributed by atoms with Gasteiger partial charge in [-0.1, -0.05) is 19.9 Å². The van der Waals surface area contributed by atoms with Gasteiger partial charge < -0.3 is 10.2 Å². The van der Waals surface area contributed by atoms with E-state index < -0.39 is 0 Å². The van der Waals surface area contributed by atoms with Crippen LogP contribution >= 0.6 is 0 Å². The summed E-state index contributed by atoms with van der Waals surface area (Å²) in [4.78, 5) is 2.35. The summed E-state index contributed by atoms with van der Waals surface area (Å²) in [6.07, 6.45) is 3.57. The molecule has 0 aromatic heterocycles. The number of nitrogens with one attached hydrogen (secondary N) is 1. The zero-order chi connectivity index (χ0) is 13.7. The average Bonchev–Trinajstić information content (AvgIpc) is 2.41. The Balaban J connectivity index is 2.16. The first kappa shape index (κ1) is 14.3. The number of hydrogen-bond acceptors (Lipinski definition) is 2. The number of benzene rings is 1. The fourth-order valence-electron chi connectivity index (χ4n) is 2.82. The fourth-order valence-corrected chi connectivity index (χ4v) is 2.82. The maximum absolute atomic E-state index is 14.1. The monoisotopic (exact) mass is 264 g/mol. The van der Waals surface area contributed by atoms with Crippen molar-refractivity contribution in [1.29, 1.82) is 0 Å². The predicted molar refractivity (Wildman–Crippen MR) is 79.0 cm³/mol. The van der Waals surface area contributed by atoms with Crippen LogP contribution in [0.15, 0.2) is 18.2 Å². The molecule has 0 radical (unpaired) electrons. The van der Waals surface area contributed by atoms with E-state index in [9.17, 15) is 4.39 Å². The lowest BCUT2D eigenvalue weighted by Crippen LogP contribution is -2.35. The van der Waals surface area contributed by atoms with Crippen LogP contribution in [0.4, 0.5) is 10.1 Å². The SMILES string of the molecule is CCCNCc1c(F)cccc1N1CCCC(C)C1. The molecular formula is C16H25FN2. The van der Waals surface area contributed by atoms with Crippen molar-refractivity contribution in [1.82, 2.24) is 5.32 Å². The largest absolute Gasteiger partial charge is 0.371 e. The molecule has 2 nitrogen and oxygen atoms in total. The molecule has 1 aromatic rings. The molecule has 0 saturated carbocycles. The second kappa shape index (κ2) is 6.90. The number of halogens is 1. The maximum Gasteiger partial charge on any atom is 0.129 e. The van der Waals surface area contributed by atoms with Crippen molar-refractivity contribution in [2.24, 2.45) is 5.92 Å². The lowest BCUT2D eigenvalue weighted by Gasteiger charge is -2.34. The minimum Gasteiger partial charge on any atom is -0.371 e. The van der Waals surface area contributed by atoms with Crippen LogP contribution in [-0.2, 0) is 6.54 Å². The minimum atomic E-state index is -0.0840. The second-order valence-corrected chi connectivity index (χ2v) is 5.61. The highest BCUT2D eigenvalue weighted by Crippen LogP contribution is 2.27. The molecular weight excluding hydrogens is 239 g/mol. The molecule has 1 aromatic carbocycles. The number of nitrogens with zero attached hydrogens (tertiary/aromatic N) is 1. The summed E-state index contributed by atoms with van der Waals surface area (Å²) in [7, 11) is 0. The zero-order valence-electron chi connectivity index (χ0n) is 12.1. The highest BCUT2D eigenvalue weighted by molar-refractivity contribution is 5.54. The van der Waals surface area contributed by atoms with Crippen molar-refractivity contribution in [3.8, 4) is 0 Å². The van der Waals surface area contributed by atoms with Crippen molar-refractivity contribution >= 4 is 5.69 Å². The van der Waals surface area contributed by atoms with E-state index in [0.717, 1.165) is 37.3 Å². The van der Waals surface area contributed by atoms with Gasteiger partial charge in [0.1, 0.15) is 5.82 Å². The van der Waals surface area contributed by atoms with Gasteiger partial charge >= 0.3 is 0 Å². The standard InChI is InChI=1S/C16H25FN2/c1-3-9-18-11-14-15(17)7-4-8-16(14)19-10-5-6-13(2)12-19/h4,7-8,13,18H,3,5-6,9-12H2,1-2H3. The van der Waals surface area contributed by atoms with Gasteiger partial charge in [-0.15, -0.1) is 0 Å². The molecule has 1 heterocycles. The van der Waals surface area contributed by atoms with E-state index in [1.165, 1.54) is 12.8 Å². The first-order chi connectivity index (χ1) is 9.22. The Morgan fingerprint density at radius 1 is 1.42 bits per heavy atom. The topological polar surface area (TPSA) is 15.3 Å². The zero-order valence-corrected chi connectivity index (χ0v) is 12.1. The van der Waals surface area contributed by atoms with Crippen molar-refractivity contribution in [2.45, 2.75) is 39.7 Å². The van der Waals surface area contributed by atoms with Gasteiger partial charge in [0.05, 0.1) is 0 Å². The van der Waals surface area contributed by atoms with Crippen LogP contribution in [0, 0.1) is 11.7 Å². The van der Waals surface area contributed by atoms with Crippen LogP contribution in [0.1, 0.15) is 38.7 Å². The third-order valence-electron chi connectivity index (χ3n) is 3.82. The summed E-state index contributed by atoms with van der Waals surface area (Å²) in [6, 6.07) is 5.46. The normalized spacial score (nSPS) is 19.7. The fraction of sp³-hybridized carbons (Fsp3) is 0.625. The first-order valence-electron chi connectivity index (χ1n) is 7.45. The number of anilines is 1. The molecule has 106 valence electrons. The van der Waals surface area contributed by atoms with Crippen molar-refractivity contribution in [3.05, 3.63) is 29.6 Å². The van der Waals surface area contributed by atoms with E-state index in [2.05, 4.69) is 30.1 Å². The van der Waals surface area contributed by atoms with E-state index in [1.807, 2.05) is 6.07 Å². The molecule has 1 saturated heterocycles. The predicted octanol–water partition coefficient (Wildman–Crippen LogP) is 3.56. The summed E-state index contributed by atoms with van der Waals surface area (Å²) < 4.78 is 14.1. The van der Waals surface area contributed by atoms with E-state index in [1.54, 1.807) is 6.07 Å². The van der Waals surface area contributed by atoms with Crippen LogP contribution in [0.3, 0.4) is 0 Å². The summed E-state index contributed by atoms with van der Waals surface area (Å²) in [6.45, 7) is 8.06. The van der Waals surface area contributed by atoms with Crippen LogP contribution in [0.5, 0.6) is 0 Å². The van der Waals surface area contributed by atoms with Crippen molar-refractivity contribution < 1.29 is 4.39 Å². The summed E-state index contributed by atoms with van der Waals surface area (Å²) >= 11 is 0. The molecule has 1 aliphatic rings. The molecule has 2 rings (SSSR count). The summed E-state index contributed by atoms with van der Waals surface area (Å²) in [5.41, 5.74) is 1.90. The Hall–Kier alpha value is -1.09. The lowest BCUT2D eigenvalue weighted by atomic mass is 9.98. The third kappa shape index (κ3) is 3.69. The van der Waals surface area contributed by atoms with Crippen molar-refractivity contribution in [2.75, 3.05) is 24.5 Å². The molecule has 19 heavy (non-hydrogen) atoms. The van der Waals surface area contributed by atoms with Gasteiger partial charge in [-0.3, -0.25) is 0 Å². The second-order valence-electron chi connectivity index (χ2n) is 5.61. The molecule has 1 N–H and O–H groups in total. The van der Waals surface area contributed by atoms with Gasteiger partial charge in [0.15, 0.2) is 0 Å². The average molecular weight is 264 g/mol. The summed E-state index contributed by atoms with van der Waals surface area (Å²) in [5.74, 6) is 0.618. The van der Waals surface area contributed by atoms with Crippen LogP contribution in [-0.4, -0.2) is 19.6 Å². The molecule has 3 heteroatoms. The van der Waals surface area contributed by atoms with E-state index in [0.29, 0.717) is 12.5 Å². The molecule has 1 atom stereocenters. The smallest absolute Gasteiger partial charge is 0.129 e. The molecule has 0 amide bonds. The number of rotatable bonds is 5. The van der Waals surface area contributed by atoms with Crippen LogP contribution < -0.4 is 10.2 Å². The Morgan fingerprint density at radius 3 is 3.00 bits per heavy atom. The molecule has 0 aliphatic carbocycles. The third-order valence-corrected chi connectivity index (χ3v) is 3.82. The van der Waals surface area contributed by atoms with Crippen molar-refractivity contribution in [3.63, 3.8) is 0 Å². The minimum absolute atomic E-state index is 0.0840. The molecule has 1 aliphatic heterocycles. The van der Waals surface area contributed by atoms with Gasteiger partial charge in [-0.2, -0.15) is 0 Å². The highest BCUT2D eigenvalue weighted by Gasteiger charge is 2.20. The first-order valence-corrected chi connectivity index (χ1v) is 7.45. The van der Waals surface area contributed by atoms with Gasteiger partial charge in [0, 0.05) is 30.9 Å². The van der Waals surface area contributed by atoms with Gasteiger partial charge in [-0.25, -0.2) is 4.39 Å². The Morgan fingerprint density at radius 2 is 2.26 bits per heavy atom. The van der Waals surface area contributed by atoms with Gasteiger partial charge in [0.2, 0.25) is 0 Å². The number of hydrogen-bond donors (Lipinski definition) is 1. The van der Waals surface area contributed by atoms with E-state index >= 15 is 0 Å². The molecule has 0 spiro atoms. The molecule has 1 unspecified atom stereocenters. The Bertz CT molecular complexity index is 406. The highest BCUT2D eigenvalue weighted by atomic mass is 19.1. The van der Waals surface area contributed by atoms with E-state index in [4.69, 9.17) is 0 Å². The summed E-state index contributed by atoms with van der Waals surface area (Å²) in [5, 5.41) is 3.32. The Labute approximate surface area is 116 Å². The number of piperidine rings is 1. The van der Waals surface area contributed by atoms with Crippen LogP contribution in [0.25, 0.3) is 0 Å². The maximum atomic E-state index is 14.1. The van der Waals surface area contributed by atoms with E-state index in [-0.39, 0.29) is 5.82 Å². The van der Waals surface area contributed by atoms with Gasteiger partial charge in [-0.05, 0) is 43.9 Å². The lowest BCUT2D eigenvalue weighted by molar-refractivity contribution is 0.444. The van der Waals surface area contributed by atoms with Crippen LogP contribution in [0.2, 0.25) is 0 Å². The molecule has 0 bridgehead atoms. The molecule has 1 fully saturated rings. The quantitative estimate of drug-likeness (QED) is 0.818. The van der Waals surface area contributed by atoms with Gasteiger partial charge in [0.25, 0.3) is 0 Å².